The van der Waals surface area contributed by atoms with Gasteiger partial charge in [0.2, 0.25) is 5.72 Å². The molecule has 29 heavy (non-hydrogen) atoms. The van der Waals surface area contributed by atoms with Gasteiger partial charge in [0, 0.05) is 46.6 Å². The highest BCUT2D eigenvalue weighted by Gasteiger charge is 2.48. The Balaban J connectivity index is 0.00000240. The molecule has 0 saturated carbocycles. The van der Waals surface area contributed by atoms with Gasteiger partial charge in [0.05, 0.1) is 5.02 Å². The molecule has 2 atom stereocenters. The number of aliphatic imine (C=N–C) groups is 1. The van der Waals surface area contributed by atoms with Gasteiger partial charge in [-0.25, -0.2) is 4.99 Å². The van der Waals surface area contributed by atoms with Gasteiger partial charge < -0.3 is 15.2 Å². The van der Waals surface area contributed by atoms with E-state index in [1.54, 1.807) is 29.2 Å². The molecule has 8 heteroatoms. The maximum absolute atomic E-state index is 10.2. The topological polar surface area (TPSA) is 53.9 Å². The molecule has 2 aliphatic rings. The van der Waals surface area contributed by atoms with E-state index in [1.807, 2.05) is 12.1 Å². The first kappa shape index (κ1) is 22.5. The number of phenols is 1. The summed E-state index contributed by atoms with van der Waals surface area (Å²) < 4.78 is 6.49. The number of nitrogens with one attached hydrogen (secondary N) is 1. The van der Waals surface area contributed by atoms with E-state index in [1.165, 1.54) is 4.88 Å². The number of benzene rings is 1. The minimum atomic E-state index is -0.694. The molecular formula is C21H24BrClN2O2S2. The van der Waals surface area contributed by atoms with Gasteiger partial charge in [-0.1, -0.05) is 35.5 Å². The molecular weight excluding hydrogens is 492 g/mol. The molecule has 2 aromatic rings. The van der Waals surface area contributed by atoms with E-state index >= 15 is 0 Å². The lowest BCUT2D eigenvalue weighted by Crippen LogP contribution is -2.57. The van der Waals surface area contributed by atoms with Gasteiger partial charge in [-0.3, -0.25) is 0 Å². The smallest absolute Gasteiger partial charge is 0.206 e. The standard InChI is InChI=1S/C21H23ClN2O2S2.BrH/c1-4-7-28-19-23-20(2,3)12-21(24-19)11-14(18-6-5-8-27-18)13-9-15(22)16(25)10-17(13)26-21;/h4-6,8-10,14,25H,1,7,11-12H2,2-3H3,(H,23,24);1H. The van der Waals surface area contributed by atoms with Crippen molar-refractivity contribution in [3.8, 4) is 11.5 Å². The average molecular weight is 516 g/mol. The Labute approximate surface area is 195 Å². The summed E-state index contributed by atoms with van der Waals surface area (Å²) >= 11 is 9.57. The molecule has 3 heterocycles. The first-order valence-electron chi connectivity index (χ1n) is 9.17. The van der Waals surface area contributed by atoms with E-state index < -0.39 is 5.72 Å². The lowest BCUT2D eigenvalue weighted by Gasteiger charge is -2.47. The largest absolute Gasteiger partial charge is 0.506 e. The minimum absolute atomic E-state index is 0. The summed E-state index contributed by atoms with van der Waals surface area (Å²) in [4.78, 5) is 6.25. The predicted octanol–water partition coefficient (Wildman–Crippen LogP) is 6.34. The van der Waals surface area contributed by atoms with E-state index in [9.17, 15) is 5.11 Å². The van der Waals surface area contributed by atoms with Gasteiger partial charge in [0.25, 0.3) is 0 Å². The van der Waals surface area contributed by atoms with Crippen molar-refractivity contribution in [3.05, 3.63) is 57.8 Å². The second-order valence-corrected chi connectivity index (χ2v) is 10.3. The number of aromatic hydroxyl groups is 1. The van der Waals surface area contributed by atoms with E-state index in [2.05, 4.69) is 43.3 Å². The van der Waals surface area contributed by atoms with Crippen molar-refractivity contribution >= 4 is 56.8 Å². The number of hydrogen-bond acceptors (Lipinski definition) is 6. The Bertz CT molecular complexity index is 933. The van der Waals surface area contributed by atoms with Crippen LogP contribution in [0.5, 0.6) is 11.5 Å². The summed E-state index contributed by atoms with van der Waals surface area (Å²) in [6.45, 7) is 8.13. The fourth-order valence-electron chi connectivity index (χ4n) is 4.00. The number of fused-ring (bicyclic) bond motifs is 1. The van der Waals surface area contributed by atoms with Gasteiger partial charge in [-0.05, 0) is 31.4 Å². The third-order valence-electron chi connectivity index (χ3n) is 4.97. The highest BCUT2D eigenvalue weighted by atomic mass is 79.9. The predicted molar refractivity (Wildman–Crippen MR) is 129 cm³/mol. The summed E-state index contributed by atoms with van der Waals surface area (Å²) in [6.07, 6.45) is 3.32. The summed E-state index contributed by atoms with van der Waals surface area (Å²) in [7, 11) is 0. The molecule has 0 bridgehead atoms. The Morgan fingerprint density at radius 3 is 2.97 bits per heavy atom. The van der Waals surface area contributed by atoms with Crippen LogP contribution in [0.1, 0.15) is 43.0 Å². The number of ether oxygens (including phenoxy) is 1. The van der Waals surface area contributed by atoms with Crippen LogP contribution in [0, 0.1) is 0 Å². The number of halogens is 2. The van der Waals surface area contributed by atoms with Crippen LogP contribution >= 0.6 is 51.7 Å². The van der Waals surface area contributed by atoms with Gasteiger partial charge in [0.15, 0.2) is 5.17 Å². The van der Waals surface area contributed by atoms with Crippen LogP contribution in [0.4, 0.5) is 0 Å². The molecule has 0 saturated heterocycles. The monoisotopic (exact) mass is 514 g/mol. The van der Waals surface area contributed by atoms with Gasteiger partial charge >= 0.3 is 0 Å². The molecule has 156 valence electrons. The average Bonchev–Trinajstić information content (AvgIpc) is 3.14. The lowest BCUT2D eigenvalue weighted by atomic mass is 9.80. The van der Waals surface area contributed by atoms with Crippen LogP contribution in [0.3, 0.4) is 0 Å². The zero-order valence-corrected chi connectivity index (χ0v) is 20.4. The van der Waals surface area contributed by atoms with Crippen molar-refractivity contribution in [1.82, 2.24) is 5.32 Å². The Kier molecular flexibility index (Phi) is 6.63. The SMILES string of the molecule is Br.C=CCSC1=NC2(CC(c3cccs3)c3cc(Cl)c(O)cc3O2)CC(C)(C)N1. The maximum Gasteiger partial charge on any atom is 0.206 e. The van der Waals surface area contributed by atoms with Gasteiger partial charge in [-0.2, -0.15) is 0 Å². The minimum Gasteiger partial charge on any atom is -0.506 e. The number of nitrogens with zero attached hydrogens (tertiary/aromatic N) is 1. The Morgan fingerprint density at radius 1 is 1.48 bits per heavy atom. The molecule has 1 aromatic carbocycles. The number of phenolic OH excluding ortho intramolecular Hbond substituents is 1. The quantitative estimate of drug-likeness (QED) is 0.468. The number of thioether (sulfide) groups is 1. The fraction of sp³-hybridized carbons (Fsp3) is 0.381. The molecule has 1 spiro atoms. The normalized spacial score (nSPS) is 24.5. The molecule has 1 aromatic heterocycles. The molecule has 4 nitrogen and oxygen atoms in total. The molecule has 4 rings (SSSR count). The van der Waals surface area contributed by atoms with Crippen molar-refractivity contribution in [1.29, 1.82) is 0 Å². The van der Waals surface area contributed by atoms with E-state index in [0.717, 1.165) is 29.3 Å². The molecule has 2 N–H and O–H groups in total. The number of thiophene rings is 1. The Hall–Kier alpha value is -1.15. The van der Waals surface area contributed by atoms with Crippen LogP contribution in [0.15, 0.2) is 47.3 Å². The third kappa shape index (κ3) is 4.63. The molecule has 2 unspecified atom stereocenters. The molecule has 2 aliphatic heterocycles. The van der Waals surface area contributed by atoms with E-state index in [0.29, 0.717) is 10.8 Å². The summed E-state index contributed by atoms with van der Waals surface area (Å²) in [5.41, 5.74) is 0.139. The first-order chi connectivity index (χ1) is 13.3. The molecule has 0 amide bonds. The van der Waals surface area contributed by atoms with Crippen LogP contribution in [-0.2, 0) is 0 Å². The first-order valence-corrected chi connectivity index (χ1v) is 11.4. The van der Waals surface area contributed by atoms with Crippen LogP contribution in [0.2, 0.25) is 5.02 Å². The molecule has 0 radical (unpaired) electrons. The zero-order chi connectivity index (χ0) is 19.9. The molecule has 0 fully saturated rings. The second kappa shape index (κ2) is 8.53. The lowest BCUT2D eigenvalue weighted by molar-refractivity contribution is 0.0137. The van der Waals surface area contributed by atoms with Crippen LogP contribution in [0.25, 0.3) is 0 Å². The van der Waals surface area contributed by atoms with Gasteiger partial charge in [-0.15, -0.1) is 34.9 Å². The van der Waals surface area contributed by atoms with Crippen molar-refractivity contribution in [2.45, 2.75) is 43.9 Å². The second-order valence-electron chi connectivity index (χ2n) is 7.86. The summed E-state index contributed by atoms with van der Waals surface area (Å²) in [5, 5.41) is 17.0. The zero-order valence-electron chi connectivity index (χ0n) is 16.3. The number of rotatable bonds is 3. The van der Waals surface area contributed by atoms with Crippen LogP contribution < -0.4 is 10.1 Å². The maximum atomic E-state index is 10.2. The van der Waals surface area contributed by atoms with Crippen molar-refractivity contribution in [3.63, 3.8) is 0 Å². The third-order valence-corrected chi connectivity index (χ3v) is 7.13. The highest BCUT2D eigenvalue weighted by Crippen LogP contribution is 2.51. The van der Waals surface area contributed by atoms with Crippen molar-refractivity contribution < 1.29 is 9.84 Å². The highest BCUT2D eigenvalue weighted by molar-refractivity contribution is 8.93. The summed E-state index contributed by atoms with van der Waals surface area (Å²) in [5.74, 6) is 1.58. The van der Waals surface area contributed by atoms with Crippen molar-refractivity contribution in [2.24, 2.45) is 4.99 Å². The number of hydrogen-bond donors (Lipinski definition) is 2. The summed E-state index contributed by atoms with van der Waals surface area (Å²) in [6, 6.07) is 7.65. The van der Waals surface area contributed by atoms with Crippen molar-refractivity contribution in [2.75, 3.05) is 5.75 Å². The Morgan fingerprint density at radius 2 is 2.28 bits per heavy atom. The fourth-order valence-corrected chi connectivity index (χ4v) is 5.87. The molecule has 0 aliphatic carbocycles. The van der Waals surface area contributed by atoms with Gasteiger partial charge in [0.1, 0.15) is 11.5 Å². The van der Waals surface area contributed by atoms with Crippen LogP contribution in [-0.4, -0.2) is 27.3 Å². The van der Waals surface area contributed by atoms with E-state index in [-0.39, 0.29) is 34.2 Å². The number of amidine groups is 1. The van der Waals surface area contributed by atoms with E-state index in [4.69, 9.17) is 21.3 Å².